The summed E-state index contributed by atoms with van der Waals surface area (Å²) in [6.45, 7) is 4.03. The van der Waals surface area contributed by atoms with Gasteiger partial charge in [0.2, 0.25) is 0 Å². The number of aryl methyl sites for hydroxylation is 1. The molecule has 0 aromatic carbocycles. The van der Waals surface area contributed by atoms with Crippen LogP contribution in [-0.4, -0.2) is 15.0 Å². The van der Waals surface area contributed by atoms with Crippen LogP contribution in [0.4, 0.5) is 0 Å². The summed E-state index contributed by atoms with van der Waals surface area (Å²) in [5, 5.41) is 2.34. The van der Waals surface area contributed by atoms with Crippen molar-refractivity contribution >= 4 is 23.4 Å². The fraction of sp³-hybridized carbons (Fsp3) is 0.308. The summed E-state index contributed by atoms with van der Waals surface area (Å²) < 4.78 is 0. The quantitative estimate of drug-likeness (QED) is 0.795. The summed E-state index contributed by atoms with van der Waals surface area (Å²) in [5.41, 5.74) is 0.909. The van der Waals surface area contributed by atoms with E-state index < -0.39 is 0 Å². The molecule has 94 valence electrons. The molecule has 0 aliphatic carbocycles. The van der Waals surface area contributed by atoms with Crippen molar-refractivity contribution < 1.29 is 0 Å². The molecule has 0 unspecified atom stereocenters. The molecule has 2 rings (SSSR count). The standard InChI is InChI=1S/C13H14ClN3S/c1-3-6-10-16-12(14)9(2)13(17-10)18-11-7-4-5-8-15-11/h4-5,7-8H,3,6H2,1-2H3. The minimum absolute atomic E-state index is 0.534. The highest BCUT2D eigenvalue weighted by atomic mass is 35.5. The van der Waals surface area contributed by atoms with Crippen LogP contribution in [0.15, 0.2) is 34.4 Å². The second kappa shape index (κ2) is 6.16. The highest BCUT2D eigenvalue weighted by Gasteiger charge is 2.10. The Morgan fingerprint density at radius 3 is 2.78 bits per heavy atom. The largest absolute Gasteiger partial charge is 0.250 e. The van der Waals surface area contributed by atoms with Crippen LogP contribution in [-0.2, 0) is 6.42 Å². The summed E-state index contributed by atoms with van der Waals surface area (Å²) in [5.74, 6) is 0.798. The fourth-order valence-electron chi connectivity index (χ4n) is 1.45. The first-order valence-electron chi connectivity index (χ1n) is 5.82. The van der Waals surface area contributed by atoms with Gasteiger partial charge in [0.25, 0.3) is 0 Å². The Morgan fingerprint density at radius 2 is 2.11 bits per heavy atom. The zero-order chi connectivity index (χ0) is 13.0. The molecule has 0 fully saturated rings. The van der Waals surface area contributed by atoms with Crippen LogP contribution in [0.1, 0.15) is 24.7 Å². The topological polar surface area (TPSA) is 38.7 Å². The summed E-state index contributed by atoms with van der Waals surface area (Å²) in [6, 6.07) is 5.81. The number of rotatable bonds is 4. The maximum Gasteiger partial charge on any atom is 0.136 e. The molecule has 0 N–H and O–H groups in total. The lowest BCUT2D eigenvalue weighted by atomic mass is 10.3. The third-order valence-electron chi connectivity index (χ3n) is 2.40. The minimum atomic E-state index is 0.534. The lowest BCUT2D eigenvalue weighted by Crippen LogP contribution is -1.99. The summed E-state index contributed by atoms with van der Waals surface area (Å²) in [6.07, 6.45) is 3.62. The van der Waals surface area contributed by atoms with E-state index in [0.717, 1.165) is 34.3 Å². The maximum absolute atomic E-state index is 6.14. The molecule has 0 aliphatic rings. The maximum atomic E-state index is 6.14. The van der Waals surface area contributed by atoms with Gasteiger partial charge in [-0.3, -0.25) is 0 Å². The van der Waals surface area contributed by atoms with E-state index in [-0.39, 0.29) is 0 Å². The molecule has 2 aromatic rings. The van der Waals surface area contributed by atoms with Crippen molar-refractivity contribution in [3.05, 3.63) is 40.9 Å². The number of aromatic nitrogens is 3. The normalized spacial score (nSPS) is 10.6. The molecule has 0 amide bonds. The highest BCUT2D eigenvalue weighted by Crippen LogP contribution is 2.29. The highest BCUT2D eigenvalue weighted by molar-refractivity contribution is 7.99. The van der Waals surface area contributed by atoms with Crippen molar-refractivity contribution in [1.82, 2.24) is 15.0 Å². The number of pyridine rings is 1. The van der Waals surface area contributed by atoms with Crippen molar-refractivity contribution in [2.75, 3.05) is 0 Å². The summed E-state index contributed by atoms with van der Waals surface area (Å²) >= 11 is 7.66. The number of nitrogens with zero attached hydrogens (tertiary/aromatic N) is 3. The first-order valence-corrected chi connectivity index (χ1v) is 7.02. The molecule has 5 heteroatoms. The van der Waals surface area contributed by atoms with Gasteiger partial charge < -0.3 is 0 Å². The van der Waals surface area contributed by atoms with E-state index in [1.54, 1.807) is 6.20 Å². The molecule has 2 heterocycles. The van der Waals surface area contributed by atoms with Crippen LogP contribution >= 0.6 is 23.4 Å². The Bertz CT molecular complexity index is 531. The van der Waals surface area contributed by atoms with Gasteiger partial charge in [0.15, 0.2) is 0 Å². The lowest BCUT2D eigenvalue weighted by molar-refractivity contribution is 0.801. The van der Waals surface area contributed by atoms with Gasteiger partial charge in [-0.15, -0.1) is 0 Å². The van der Waals surface area contributed by atoms with E-state index in [1.807, 2.05) is 25.1 Å². The Labute approximate surface area is 116 Å². The van der Waals surface area contributed by atoms with Crippen molar-refractivity contribution in [1.29, 1.82) is 0 Å². The first-order chi connectivity index (χ1) is 8.70. The molecule has 0 saturated carbocycles. The predicted molar refractivity (Wildman–Crippen MR) is 74.1 cm³/mol. The summed E-state index contributed by atoms with van der Waals surface area (Å²) in [4.78, 5) is 13.1. The molecule has 18 heavy (non-hydrogen) atoms. The van der Waals surface area contributed by atoms with E-state index in [1.165, 1.54) is 11.8 Å². The van der Waals surface area contributed by atoms with Crippen molar-refractivity contribution in [2.45, 2.75) is 36.7 Å². The second-order valence-electron chi connectivity index (χ2n) is 3.88. The zero-order valence-corrected chi connectivity index (χ0v) is 11.9. The Morgan fingerprint density at radius 1 is 1.28 bits per heavy atom. The van der Waals surface area contributed by atoms with Gasteiger partial charge in [-0.05, 0) is 37.2 Å². The van der Waals surface area contributed by atoms with Gasteiger partial charge in [-0.2, -0.15) is 0 Å². The van der Waals surface area contributed by atoms with Crippen molar-refractivity contribution in [3.63, 3.8) is 0 Å². The fourth-order valence-corrected chi connectivity index (χ4v) is 2.55. The van der Waals surface area contributed by atoms with Crippen molar-refractivity contribution in [3.8, 4) is 0 Å². The van der Waals surface area contributed by atoms with E-state index in [4.69, 9.17) is 11.6 Å². The number of halogens is 1. The smallest absolute Gasteiger partial charge is 0.136 e. The van der Waals surface area contributed by atoms with Crippen molar-refractivity contribution in [2.24, 2.45) is 0 Å². The minimum Gasteiger partial charge on any atom is -0.250 e. The van der Waals surface area contributed by atoms with Gasteiger partial charge in [0.05, 0.1) is 0 Å². The van der Waals surface area contributed by atoms with Crippen LogP contribution in [0.25, 0.3) is 0 Å². The van der Waals surface area contributed by atoms with E-state index >= 15 is 0 Å². The molecular formula is C13H14ClN3S. The molecular weight excluding hydrogens is 266 g/mol. The van der Waals surface area contributed by atoms with Crippen LogP contribution in [0.2, 0.25) is 5.15 Å². The predicted octanol–water partition coefficient (Wildman–Crippen LogP) is 3.94. The third-order valence-corrected chi connectivity index (χ3v) is 3.81. The van der Waals surface area contributed by atoms with Crippen LogP contribution < -0.4 is 0 Å². The first kappa shape index (κ1) is 13.3. The molecule has 0 radical (unpaired) electrons. The molecule has 0 spiro atoms. The van der Waals surface area contributed by atoms with Gasteiger partial charge in [-0.25, -0.2) is 15.0 Å². The Kier molecular flexibility index (Phi) is 4.55. The molecule has 0 atom stereocenters. The van der Waals surface area contributed by atoms with Gasteiger partial charge in [0, 0.05) is 18.2 Å². The average Bonchev–Trinajstić information content (AvgIpc) is 2.37. The molecule has 0 aliphatic heterocycles. The van der Waals surface area contributed by atoms with E-state index in [2.05, 4.69) is 21.9 Å². The van der Waals surface area contributed by atoms with Crippen LogP contribution in [0, 0.1) is 6.92 Å². The third kappa shape index (κ3) is 3.21. The van der Waals surface area contributed by atoms with Crippen LogP contribution in [0.3, 0.4) is 0 Å². The van der Waals surface area contributed by atoms with Gasteiger partial charge in [-0.1, -0.05) is 24.6 Å². The number of hydrogen-bond acceptors (Lipinski definition) is 4. The van der Waals surface area contributed by atoms with Gasteiger partial charge >= 0.3 is 0 Å². The monoisotopic (exact) mass is 279 g/mol. The van der Waals surface area contributed by atoms with E-state index in [0.29, 0.717) is 5.15 Å². The molecule has 0 bridgehead atoms. The molecule has 3 nitrogen and oxygen atoms in total. The zero-order valence-electron chi connectivity index (χ0n) is 10.4. The second-order valence-corrected chi connectivity index (χ2v) is 5.25. The molecule has 2 aromatic heterocycles. The van der Waals surface area contributed by atoms with Crippen LogP contribution in [0.5, 0.6) is 0 Å². The SMILES string of the molecule is CCCc1nc(Cl)c(C)c(Sc2ccccn2)n1. The number of hydrogen-bond donors (Lipinski definition) is 0. The average molecular weight is 280 g/mol. The summed E-state index contributed by atoms with van der Waals surface area (Å²) in [7, 11) is 0. The molecule has 0 saturated heterocycles. The Balaban J connectivity index is 2.31. The van der Waals surface area contributed by atoms with E-state index in [9.17, 15) is 0 Å². The Hall–Kier alpha value is -1.13. The lowest BCUT2D eigenvalue weighted by Gasteiger charge is -2.07. The van der Waals surface area contributed by atoms with Gasteiger partial charge in [0.1, 0.15) is 21.0 Å².